The highest BCUT2D eigenvalue weighted by atomic mass is 16.5. The van der Waals surface area contributed by atoms with Crippen LogP contribution in [0.3, 0.4) is 0 Å². The number of benzene rings is 1. The van der Waals surface area contributed by atoms with E-state index in [1.807, 2.05) is 42.8 Å². The number of ether oxygens (including phenoxy) is 1. The van der Waals surface area contributed by atoms with Crippen molar-refractivity contribution in [3.05, 3.63) is 47.0 Å². The van der Waals surface area contributed by atoms with Gasteiger partial charge in [-0.3, -0.25) is 0 Å². The lowest BCUT2D eigenvalue weighted by Gasteiger charge is -2.24. The smallest absolute Gasteiger partial charge is 0.155 e. The van der Waals surface area contributed by atoms with Gasteiger partial charge in [-0.1, -0.05) is 13.8 Å². The third kappa shape index (κ3) is 3.23. The summed E-state index contributed by atoms with van der Waals surface area (Å²) < 4.78 is 7.37. The lowest BCUT2D eigenvalue weighted by molar-refractivity contribution is -0.109. The molecular weight excluding hydrogens is 328 g/mol. The second kappa shape index (κ2) is 7.72. The molecule has 1 aromatic carbocycles. The first kappa shape index (κ1) is 18.2. The number of carbonyl (C=O) groups is 1. The molecule has 2 heterocycles. The molecule has 0 fully saturated rings. The van der Waals surface area contributed by atoms with Gasteiger partial charge in [0.2, 0.25) is 0 Å². The van der Waals surface area contributed by atoms with Gasteiger partial charge in [-0.25, -0.2) is 9.66 Å². The number of imidazole rings is 1. The number of nitrogens with zero attached hydrogens (tertiary/aromatic N) is 3. The van der Waals surface area contributed by atoms with Crippen molar-refractivity contribution >= 4 is 12.1 Å². The van der Waals surface area contributed by atoms with Gasteiger partial charge in [-0.2, -0.15) is 0 Å². The largest absolute Gasteiger partial charge is 0.494 e. The van der Waals surface area contributed by atoms with Crippen molar-refractivity contribution in [1.82, 2.24) is 15.0 Å². The van der Waals surface area contributed by atoms with Gasteiger partial charge in [-0.15, -0.1) is 5.10 Å². The molecule has 26 heavy (non-hydrogen) atoms. The Kier molecular flexibility index (Phi) is 5.40. The number of nitrogens with one attached hydrogen (secondary N) is 1. The minimum absolute atomic E-state index is 0.318. The Balaban J connectivity index is 2.06. The van der Waals surface area contributed by atoms with E-state index in [9.17, 15) is 4.79 Å². The summed E-state index contributed by atoms with van der Waals surface area (Å²) in [5, 5.41) is 8.02. The number of aldehydes is 1. The van der Waals surface area contributed by atoms with Crippen LogP contribution in [0.2, 0.25) is 0 Å². The van der Waals surface area contributed by atoms with Gasteiger partial charge in [-0.05, 0) is 51.0 Å². The van der Waals surface area contributed by atoms with Gasteiger partial charge in [0, 0.05) is 11.5 Å². The number of carbonyl (C=O) groups excluding carboxylic acids is 1. The Hall–Kier alpha value is -2.63. The van der Waals surface area contributed by atoms with E-state index >= 15 is 0 Å². The van der Waals surface area contributed by atoms with Crippen molar-refractivity contribution in [1.29, 1.82) is 0 Å². The zero-order valence-corrected chi connectivity index (χ0v) is 15.8. The van der Waals surface area contributed by atoms with Crippen LogP contribution in [0.5, 0.6) is 5.75 Å². The number of hydrogen-bond donors (Lipinski definition) is 1. The van der Waals surface area contributed by atoms with Crippen LogP contribution in [0.15, 0.2) is 29.4 Å². The minimum atomic E-state index is -0.454. The summed E-state index contributed by atoms with van der Waals surface area (Å²) in [6, 6.07) is 7.27. The lowest BCUT2D eigenvalue weighted by atomic mass is 10.0. The normalized spacial score (nSPS) is 16.0. The number of fused-ring (bicyclic) bond motifs is 1. The van der Waals surface area contributed by atoms with Crippen LogP contribution in [0, 0.1) is 6.92 Å². The molecule has 0 saturated heterocycles. The van der Waals surface area contributed by atoms with Gasteiger partial charge >= 0.3 is 0 Å². The number of amidine groups is 1. The van der Waals surface area contributed by atoms with E-state index < -0.39 is 6.04 Å². The molecule has 1 aliphatic rings. The minimum Gasteiger partial charge on any atom is -0.494 e. The Morgan fingerprint density at radius 2 is 1.92 bits per heavy atom. The molecule has 0 spiro atoms. The summed E-state index contributed by atoms with van der Waals surface area (Å²) in [6.45, 7) is 8.83. The third-order valence-electron chi connectivity index (χ3n) is 4.81. The lowest BCUT2D eigenvalue weighted by Crippen LogP contribution is -2.36. The van der Waals surface area contributed by atoms with E-state index in [-0.39, 0.29) is 0 Å². The van der Waals surface area contributed by atoms with E-state index in [4.69, 9.17) is 14.8 Å². The topological polar surface area (TPSA) is 68.5 Å². The van der Waals surface area contributed by atoms with Crippen LogP contribution < -0.4 is 10.1 Å². The molecule has 6 heteroatoms. The number of aryl methyl sites for hydroxylation is 1. The fraction of sp³-hybridized carbons (Fsp3) is 0.450. The van der Waals surface area contributed by atoms with Crippen LogP contribution in [0.1, 0.15) is 68.3 Å². The van der Waals surface area contributed by atoms with Crippen LogP contribution in [-0.2, 0) is 4.79 Å². The number of hydrogen-bond acceptors (Lipinski definition) is 5. The van der Waals surface area contributed by atoms with Crippen LogP contribution >= 0.6 is 0 Å². The SMILES string of the molecule is CCOc1ccc(C2=Nn3c(C(CC)CC)nc(C)c3C(C=O)N2)cc1. The van der Waals surface area contributed by atoms with E-state index in [2.05, 4.69) is 19.2 Å². The maximum Gasteiger partial charge on any atom is 0.155 e. The van der Waals surface area contributed by atoms with Crippen LogP contribution in [0.4, 0.5) is 0 Å². The summed E-state index contributed by atoms with van der Waals surface area (Å²) in [7, 11) is 0. The molecule has 1 N–H and O–H groups in total. The summed E-state index contributed by atoms with van der Waals surface area (Å²) >= 11 is 0. The van der Waals surface area contributed by atoms with Gasteiger partial charge in [0.1, 0.15) is 23.9 Å². The molecule has 0 radical (unpaired) electrons. The van der Waals surface area contributed by atoms with Crippen LogP contribution in [-0.4, -0.2) is 28.4 Å². The predicted octanol–water partition coefficient (Wildman–Crippen LogP) is 3.55. The second-order valence-corrected chi connectivity index (χ2v) is 6.43. The average molecular weight is 354 g/mol. The molecule has 1 aromatic heterocycles. The zero-order valence-electron chi connectivity index (χ0n) is 15.8. The molecule has 1 atom stereocenters. The Morgan fingerprint density at radius 3 is 2.50 bits per heavy atom. The van der Waals surface area contributed by atoms with Crippen molar-refractivity contribution in [3.8, 4) is 5.75 Å². The van der Waals surface area contributed by atoms with Gasteiger partial charge in [0.25, 0.3) is 0 Å². The first-order valence-corrected chi connectivity index (χ1v) is 9.26. The molecule has 1 unspecified atom stereocenters. The first-order chi connectivity index (χ1) is 12.6. The maximum atomic E-state index is 11.7. The van der Waals surface area contributed by atoms with Crippen molar-refractivity contribution in [2.45, 2.75) is 52.5 Å². The highest BCUT2D eigenvalue weighted by molar-refractivity contribution is 6.00. The van der Waals surface area contributed by atoms with Crippen molar-refractivity contribution < 1.29 is 9.53 Å². The first-order valence-electron chi connectivity index (χ1n) is 9.26. The fourth-order valence-corrected chi connectivity index (χ4v) is 3.39. The molecule has 0 aliphatic carbocycles. The molecule has 0 amide bonds. The quantitative estimate of drug-likeness (QED) is 0.772. The molecule has 6 nitrogen and oxygen atoms in total. The number of rotatable bonds is 7. The van der Waals surface area contributed by atoms with Gasteiger partial charge in [0.05, 0.1) is 18.0 Å². The highest BCUT2D eigenvalue weighted by Crippen LogP contribution is 2.30. The molecule has 138 valence electrons. The van der Waals surface area contributed by atoms with Crippen LogP contribution in [0.25, 0.3) is 0 Å². The Labute approximate surface area is 154 Å². The molecule has 0 saturated carbocycles. The van der Waals surface area contributed by atoms with Crippen molar-refractivity contribution in [2.75, 3.05) is 6.61 Å². The molecule has 2 aromatic rings. The summed E-state index contributed by atoms with van der Waals surface area (Å²) in [6.07, 6.45) is 2.89. The standard InChI is InChI=1S/C20H26N4O2/c1-5-14(6-2)20-21-13(4)18-17(12-25)22-19(23-24(18)20)15-8-10-16(11-9-15)26-7-3/h8-12,14,17H,5-7H2,1-4H3,(H,22,23). The Morgan fingerprint density at radius 1 is 1.23 bits per heavy atom. The third-order valence-corrected chi connectivity index (χ3v) is 4.81. The molecular formula is C20H26N4O2. The van der Waals surface area contributed by atoms with E-state index in [1.165, 1.54) is 0 Å². The van der Waals surface area contributed by atoms with Gasteiger partial charge < -0.3 is 14.8 Å². The van der Waals surface area contributed by atoms with E-state index in [1.54, 1.807) is 0 Å². The average Bonchev–Trinajstić information content (AvgIpc) is 3.00. The maximum absolute atomic E-state index is 11.7. The van der Waals surface area contributed by atoms with E-state index in [0.717, 1.165) is 47.7 Å². The zero-order chi connectivity index (χ0) is 18.7. The summed E-state index contributed by atoms with van der Waals surface area (Å²) in [5.41, 5.74) is 2.59. The highest BCUT2D eigenvalue weighted by Gasteiger charge is 2.30. The predicted molar refractivity (Wildman–Crippen MR) is 102 cm³/mol. The second-order valence-electron chi connectivity index (χ2n) is 6.43. The molecule has 3 rings (SSSR count). The Bertz CT molecular complexity index is 804. The molecule has 1 aliphatic heterocycles. The van der Waals surface area contributed by atoms with E-state index in [0.29, 0.717) is 18.4 Å². The fourth-order valence-electron chi connectivity index (χ4n) is 3.39. The number of aromatic nitrogens is 2. The van der Waals surface area contributed by atoms with Crippen molar-refractivity contribution in [2.24, 2.45) is 5.10 Å². The monoisotopic (exact) mass is 354 g/mol. The summed E-state index contributed by atoms with van der Waals surface area (Å²) in [5.74, 6) is 2.73. The summed E-state index contributed by atoms with van der Waals surface area (Å²) in [4.78, 5) is 16.5. The molecule has 0 bridgehead atoms. The van der Waals surface area contributed by atoms with Gasteiger partial charge in [0.15, 0.2) is 5.84 Å². The van der Waals surface area contributed by atoms with Crippen molar-refractivity contribution in [3.63, 3.8) is 0 Å².